The van der Waals surface area contributed by atoms with Gasteiger partial charge in [-0.15, -0.1) is 11.3 Å². The highest BCUT2D eigenvalue weighted by Gasteiger charge is 2.18. The topological polar surface area (TPSA) is 101 Å². The zero-order valence-electron chi connectivity index (χ0n) is 11.7. The lowest BCUT2D eigenvalue weighted by Gasteiger charge is -2.26. The van der Waals surface area contributed by atoms with Crippen molar-refractivity contribution in [2.45, 2.75) is 19.3 Å². The number of hydrogen-bond acceptors (Lipinski definition) is 6. The molecule has 2 heterocycles. The van der Waals surface area contributed by atoms with Gasteiger partial charge in [-0.2, -0.15) is 0 Å². The molecule has 0 spiro atoms. The van der Waals surface area contributed by atoms with Crippen molar-refractivity contribution in [3.05, 3.63) is 29.3 Å². The first kappa shape index (κ1) is 13.9. The summed E-state index contributed by atoms with van der Waals surface area (Å²) >= 11 is 1.55. The second-order valence-electron chi connectivity index (χ2n) is 5.37. The zero-order valence-corrected chi connectivity index (χ0v) is 12.5. The van der Waals surface area contributed by atoms with Crippen LogP contribution in [0.3, 0.4) is 0 Å². The number of thiophene rings is 1. The number of allylic oxidation sites excluding steroid dienone is 1. The average Bonchev–Trinajstić information content (AvgIpc) is 2.81. The van der Waals surface area contributed by atoms with E-state index in [1.165, 1.54) is 25.5 Å². The molecule has 1 saturated carbocycles. The van der Waals surface area contributed by atoms with Crippen molar-refractivity contribution in [2.75, 3.05) is 17.6 Å². The van der Waals surface area contributed by atoms with Crippen molar-refractivity contribution in [3.63, 3.8) is 0 Å². The van der Waals surface area contributed by atoms with Crippen molar-refractivity contribution in [1.82, 2.24) is 4.98 Å². The lowest BCUT2D eigenvalue weighted by atomic mass is 9.85. The van der Waals surface area contributed by atoms with Crippen molar-refractivity contribution in [1.29, 1.82) is 5.41 Å². The number of hydrogen-bond donors (Lipinski definition) is 4. The summed E-state index contributed by atoms with van der Waals surface area (Å²) in [5.41, 5.74) is 13.5. The molecule has 0 aliphatic heterocycles. The van der Waals surface area contributed by atoms with E-state index in [0.717, 1.165) is 33.2 Å². The molecular formula is C15H19N5S. The minimum absolute atomic E-state index is 0.393. The van der Waals surface area contributed by atoms with Gasteiger partial charge in [0.1, 0.15) is 5.82 Å². The Hall–Kier alpha value is -2.08. The lowest BCUT2D eigenvalue weighted by molar-refractivity contribution is 0.333. The molecule has 2 aromatic rings. The van der Waals surface area contributed by atoms with Crippen LogP contribution in [0.25, 0.3) is 10.2 Å². The number of aromatic nitrogens is 1. The molecule has 5 nitrogen and oxygen atoms in total. The van der Waals surface area contributed by atoms with Crippen molar-refractivity contribution in [3.8, 4) is 0 Å². The second kappa shape index (κ2) is 5.73. The van der Waals surface area contributed by atoms with Crippen LogP contribution in [0.2, 0.25) is 0 Å². The Labute approximate surface area is 127 Å². The molecule has 1 aliphatic rings. The number of fused-ring (bicyclic) bond motifs is 1. The van der Waals surface area contributed by atoms with Crippen LogP contribution in [0.1, 0.15) is 24.1 Å². The summed E-state index contributed by atoms with van der Waals surface area (Å²) in [4.78, 5) is 5.20. The predicted molar refractivity (Wildman–Crippen MR) is 90.0 cm³/mol. The standard InChI is InChI=1S/C15H19N5S/c16-5-4-10(17)13-6-12-15(21-13)11(7-14(18)20-12)19-8-9-2-1-3-9/h4-7,9,17H,1-3,8,16H2,(H3,18,19,20). The zero-order chi connectivity index (χ0) is 14.8. The van der Waals surface area contributed by atoms with Crippen LogP contribution in [0, 0.1) is 11.3 Å². The Kier molecular flexibility index (Phi) is 3.79. The van der Waals surface area contributed by atoms with Gasteiger partial charge in [0.2, 0.25) is 0 Å². The number of nitrogens with zero attached hydrogens (tertiary/aromatic N) is 1. The molecule has 0 amide bonds. The molecule has 6 N–H and O–H groups in total. The van der Waals surface area contributed by atoms with Crippen molar-refractivity contribution in [2.24, 2.45) is 11.7 Å². The minimum atomic E-state index is 0.393. The third kappa shape index (κ3) is 2.85. The Morgan fingerprint density at radius 2 is 2.29 bits per heavy atom. The molecule has 0 aromatic carbocycles. The third-order valence-electron chi connectivity index (χ3n) is 3.83. The molecule has 0 bridgehead atoms. The number of nitrogens with one attached hydrogen (secondary N) is 2. The van der Waals surface area contributed by atoms with E-state index >= 15 is 0 Å². The van der Waals surface area contributed by atoms with Gasteiger partial charge in [-0.1, -0.05) is 6.42 Å². The number of anilines is 2. The second-order valence-corrected chi connectivity index (χ2v) is 6.42. The van der Waals surface area contributed by atoms with Crippen molar-refractivity contribution < 1.29 is 0 Å². The van der Waals surface area contributed by atoms with E-state index in [4.69, 9.17) is 16.9 Å². The van der Waals surface area contributed by atoms with Crippen LogP contribution in [-0.2, 0) is 0 Å². The Morgan fingerprint density at radius 3 is 2.95 bits per heavy atom. The fourth-order valence-electron chi connectivity index (χ4n) is 2.44. The van der Waals surface area contributed by atoms with Gasteiger partial charge in [0.15, 0.2) is 0 Å². The molecule has 0 unspecified atom stereocenters. The predicted octanol–water partition coefficient (Wildman–Crippen LogP) is 2.93. The minimum Gasteiger partial charge on any atom is -0.405 e. The Bertz CT molecular complexity index is 699. The number of pyridine rings is 1. The average molecular weight is 301 g/mol. The van der Waals surface area contributed by atoms with Crippen LogP contribution in [0.4, 0.5) is 11.5 Å². The summed E-state index contributed by atoms with van der Waals surface area (Å²) in [6, 6.07) is 3.77. The summed E-state index contributed by atoms with van der Waals surface area (Å²) < 4.78 is 1.05. The van der Waals surface area contributed by atoms with Gasteiger partial charge in [-0.25, -0.2) is 4.98 Å². The summed E-state index contributed by atoms with van der Waals surface area (Å²) in [5.74, 6) is 1.27. The molecule has 2 aromatic heterocycles. The fourth-order valence-corrected chi connectivity index (χ4v) is 3.45. The van der Waals surface area contributed by atoms with Gasteiger partial charge in [-0.3, -0.25) is 5.41 Å². The first-order valence-electron chi connectivity index (χ1n) is 7.08. The SMILES string of the molecule is N=C(C=CN)c1cc2nc(N)cc(NCC3CCC3)c2s1. The van der Waals surface area contributed by atoms with E-state index in [-0.39, 0.29) is 0 Å². The van der Waals surface area contributed by atoms with Crippen LogP contribution in [0.15, 0.2) is 24.4 Å². The van der Waals surface area contributed by atoms with E-state index in [1.54, 1.807) is 17.4 Å². The summed E-state index contributed by atoms with van der Waals surface area (Å²) in [7, 11) is 0. The third-order valence-corrected chi connectivity index (χ3v) is 5.02. The Balaban J connectivity index is 1.92. The van der Waals surface area contributed by atoms with Crippen molar-refractivity contribution >= 4 is 38.8 Å². The van der Waals surface area contributed by atoms with Gasteiger partial charge in [0.05, 0.1) is 26.5 Å². The van der Waals surface area contributed by atoms with Crippen LogP contribution >= 0.6 is 11.3 Å². The molecular weight excluding hydrogens is 282 g/mol. The van der Waals surface area contributed by atoms with Gasteiger partial charge >= 0.3 is 0 Å². The highest BCUT2D eigenvalue weighted by atomic mass is 32.1. The summed E-state index contributed by atoms with van der Waals surface area (Å²) in [5, 5.41) is 11.5. The molecule has 3 rings (SSSR count). The number of nitrogen functional groups attached to an aromatic ring is 1. The maximum atomic E-state index is 7.96. The summed E-state index contributed by atoms with van der Waals surface area (Å²) in [6.45, 7) is 0.978. The normalized spacial score (nSPS) is 15.4. The first-order chi connectivity index (χ1) is 10.2. The highest BCUT2D eigenvalue weighted by Crippen LogP contribution is 2.34. The van der Waals surface area contributed by atoms with Gasteiger partial charge in [-0.05, 0) is 37.1 Å². The van der Waals surface area contributed by atoms with Gasteiger partial charge in [0.25, 0.3) is 0 Å². The molecule has 6 heteroatoms. The summed E-state index contributed by atoms with van der Waals surface area (Å²) in [6.07, 6.45) is 6.91. The van der Waals surface area contributed by atoms with E-state index in [2.05, 4.69) is 10.3 Å². The maximum absolute atomic E-state index is 7.96. The van der Waals surface area contributed by atoms with Crippen LogP contribution < -0.4 is 16.8 Å². The molecule has 0 atom stereocenters. The smallest absolute Gasteiger partial charge is 0.126 e. The van der Waals surface area contributed by atoms with Crippen LogP contribution in [-0.4, -0.2) is 17.2 Å². The van der Waals surface area contributed by atoms with Gasteiger partial charge < -0.3 is 16.8 Å². The molecule has 0 saturated heterocycles. The molecule has 1 aliphatic carbocycles. The highest BCUT2D eigenvalue weighted by molar-refractivity contribution is 7.21. The van der Waals surface area contributed by atoms with E-state index < -0.39 is 0 Å². The molecule has 21 heavy (non-hydrogen) atoms. The van der Waals surface area contributed by atoms with Crippen LogP contribution in [0.5, 0.6) is 0 Å². The largest absolute Gasteiger partial charge is 0.405 e. The number of nitrogens with two attached hydrogens (primary N) is 2. The number of rotatable bonds is 5. The lowest BCUT2D eigenvalue weighted by Crippen LogP contribution is -2.20. The van der Waals surface area contributed by atoms with Gasteiger partial charge in [0, 0.05) is 12.6 Å². The Morgan fingerprint density at radius 1 is 1.48 bits per heavy atom. The van der Waals surface area contributed by atoms with E-state index in [0.29, 0.717) is 11.5 Å². The van der Waals surface area contributed by atoms with E-state index in [1.807, 2.05) is 12.1 Å². The fraction of sp³-hybridized carbons (Fsp3) is 0.333. The van der Waals surface area contributed by atoms with E-state index in [9.17, 15) is 0 Å². The molecule has 1 fully saturated rings. The quantitative estimate of drug-likeness (QED) is 0.638. The monoisotopic (exact) mass is 301 g/mol. The maximum Gasteiger partial charge on any atom is 0.126 e. The molecule has 110 valence electrons. The molecule has 0 radical (unpaired) electrons. The first-order valence-corrected chi connectivity index (χ1v) is 7.90.